The lowest BCUT2D eigenvalue weighted by atomic mass is 10.1. The normalized spacial score (nSPS) is 15.2. The average molecular weight is 166 g/mol. The van der Waals surface area contributed by atoms with Gasteiger partial charge in [-0.05, 0) is 12.1 Å². The van der Waals surface area contributed by atoms with E-state index in [4.69, 9.17) is 0 Å². The van der Waals surface area contributed by atoms with Gasteiger partial charge >= 0.3 is 5.72 Å². The Kier molecular flexibility index (Phi) is 2.10. The van der Waals surface area contributed by atoms with Gasteiger partial charge in [0.25, 0.3) is 0 Å². The highest BCUT2D eigenvalue weighted by atomic mass is 16.7. The maximum atomic E-state index is 11.3. The second-order valence-corrected chi connectivity index (χ2v) is 2.61. The van der Waals surface area contributed by atoms with Gasteiger partial charge in [-0.2, -0.15) is 0 Å². The van der Waals surface area contributed by atoms with Crippen LogP contribution in [-0.4, -0.2) is 4.92 Å². The first-order chi connectivity index (χ1) is 5.55. The second-order valence-electron chi connectivity index (χ2n) is 2.61. The summed E-state index contributed by atoms with van der Waals surface area (Å²) in [5.41, 5.74) is -2.06. The van der Waals surface area contributed by atoms with Crippen molar-refractivity contribution in [2.24, 2.45) is 0 Å². The van der Waals surface area contributed by atoms with Crippen LogP contribution in [0.4, 0.5) is 0 Å². The Bertz CT molecular complexity index is 282. The van der Waals surface area contributed by atoms with Gasteiger partial charge in [-0.15, -0.1) is 5.11 Å². The van der Waals surface area contributed by atoms with Crippen LogP contribution in [0.3, 0.4) is 0 Å². The van der Waals surface area contributed by atoms with E-state index < -0.39 is 10.6 Å². The van der Waals surface area contributed by atoms with E-state index in [2.05, 4.69) is 0 Å². The Morgan fingerprint density at radius 2 is 1.83 bits per heavy atom. The van der Waals surface area contributed by atoms with Crippen LogP contribution in [0.2, 0.25) is 0 Å². The minimum atomic E-state index is -2.23. The van der Waals surface area contributed by atoms with Gasteiger partial charge < -0.3 is 0 Å². The topological polar surface area (TPSA) is 63.0 Å². The third kappa shape index (κ3) is 1.43. The zero-order chi connectivity index (χ0) is 9.19. The van der Waals surface area contributed by atoms with E-state index in [0.29, 0.717) is 0 Å². The maximum Gasteiger partial charge on any atom is 0.374 e. The summed E-state index contributed by atoms with van der Waals surface area (Å²) < 4.78 is 0. The first-order valence-electron chi connectivity index (χ1n) is 3.45. The molecule has 1 atom stereocenters. The van der Waals surface area contributed by atoms with Gasteiger partial charge in [-0.1, -0.05) is 18.2 Å². The summed E-state index contributed by atoms with van der Waals surface area (Å²) in [4.78, 5) is 9.48. The van der Waals surface area contributed by atoms with Gasteiger partial charge in [0.05, 0.1) is 10.5 Å². The number of hydrogen-bond acceptors (Lipinski definition) is 2. The number of nitrogens with zero attached hydrogens (tertiary/aromatic N) is 1. The minimum absolute atomic E-state index is 0.176. The molecule has 0 heterocycles. The molecule has 0 saturated heterocycles. The minimum Gasteiger partial charge on any atom is -0.261 e. The lowest BCUT2D eigenvalue weighted by molar-refractivity contribution is -0.643. The van der Waals surface area contributed by atoms with E-state index in [9.17, 15) is 15.2 Å². The summed E-state index contributed by atoms with van der Waals surface area (Å²) in [5.74, 6) is 0. The van der Waals surface area contributed by atoms with Gasteiger partial charge in [0.15, 0.2) is 0 Å². The van der Waals surface area contributed by atoms with E-state index in [1.807, 2.05) is 0 Å². The molecule has 4 heteroatoms. The van der Waals surface area contributed by atoms with Gasteiger partial charge in [-0.25, -0.2) is 0 Å². The number of rotatable bonds is 2. The van der Waals surface area contributed by atoms with Gasteiger partial charge in [0, 0.05) is 6.92 Å². The summed E-state index contributed by atoms with van der Waals surface area (Å²) in [5, 5.41) is 21.6. The summed E-state index contributed by atoms with van der Waals surface area (Å²) in [6, 6.07) is 7.83. The van der Waals surface area contributed by atoms with E-state index in [0.717, 1.165) is 6.92 Å². The molecule has 0 bridgehead atoms. The fourth-order valence-electron chi connectivity index (χ4n) is 0.853. The van der Waals surface area contributed by atoms with Crippen LogP contribution in [0.5, 0.6) is 0 Å². The molecule has 12 heavy (non-hydrogen) atoms. The van der Waals surface area contributed by atoms with Crippen molar-refractivity contribution in [1.82, 2.24) is 0 Å². The number of hydrogen-bond donors (Lipinski definition) is 0. The van der Waals surface area contributed by atoms with Crippen LogP contribution in [0.1, 0.15) is 12.5 Å². The van der Waals surface area contributed by atoms with Crippen molar-refractivity contribution < 1.29 is 10.0 Å². The molecule has 0 fully saturated rings. The Morgan fingerprint density at radius 1 is 1.33 bits per heavy atom. The van der Waals surface area contributed by atoms with Crippen LogP contribution in [0.25, 0.3) is 0 Å². The van der Waals surface area contributed by atoms with Gasteiger partial charge in [-0.3, -0.25) is 10.1 Å². The van der Waals surface area contributed by atoms with Crippen LogP contribution in [-0.2, 0) is 10.8 Å². The SMILES string of the molecule is CC([O])(c1ccccc1)[N+](=O)[O-]. The van der Waals surface area contributed by atoms with Crippen molar-refractivity contribution in [2.75, 3.05) is 0 Å². The maximum absolute atomic E-state index is 11.3. The summed E-state index contributed by atoms with van der Waals surface area (Å²) in [6.07, 6.45) is 0. The van der Waals surface area contributed by atoms with E-state index in [-0.39, 0.29) is 5.56 Å². The Balaban J connectivity index is 3.06. The number of benzene rings is 1. The summed E-state index contributed by atoms with van der Waals surface area (Å²) >= 11 is 0. The lowest BCUT2D eigenvalue weighted by Gasteiger charge is -2.10. The van der Waals surface area contributed by atoms with E-state index in [1.165, 1.54) is 12.1 Å². The fraction of sp³-hybridized carbons (Fsp3) is 0.250. The summed E-state index contributed by atoms with van der Waals surface area (Å²) in [6.45, 7) is 1.04. The van der Waals surface area contributed by atoms with Crippen molar-refractivity contribution in [3.63, 3.8) is 0 Å². The van der Waals surface area contributed by atoms with E-state index >= 15 is 0 Å². The predicted molar refractivity (Wildman–Crippen MR) is 41.5 cm³/mol. The summed E-state index contributed by atoms with van der Waals surface area (Å²) in [7, 11) is 0. The molecule has 1 unspecified atom stereocenters. The molecule has 0 N–H and O–H groups in total. The third-order valence-electron chi connectivity index (χ3n) is 1.66. The molecule has 4 nitrogen and oxygen atoms in total. The molecule has 0 aromatic heterocycles. The van der Waals surface area contributed by atoms with Gasteiger partial charge in [0.1, 0.15) is 0 Å². The van der Waals surface area contributed by atoms with Crippen molar-refractivity contribution in [3.8, 4) is 0 Å². The molecule has 1 aromatic rings. The fourth-order valence-corrected chi connectivity index (χ4v) is 0.853. The molecule has 0 aliphatic heterocycles. The monoisotopic (exact) mass is 166 g/mol. The highest BCUT2D eigenvalue weighted by Crippen LogP contribution is 2.20. The largest absolute Gasteiger partial charge is 0.374 e. The molecule has 1 rings (SSSR count). The van der Waals surface area contributed by atoms with Crippen LogP contribution < -0.4 is 0 Å². The smallest absolute Gasteiger partial charge is 0.261 e. The third-order valence-corrected chi connectivity index (χ3v) is 1.66. The van der Waals surface area contributed by atoms with Crippen molar-refractivity contribution in [2.45, 2.75) is 12.6 Å². The van der Waals surface area contributed by atoms with Crippen LogP contribution >= 0.6 is 0 Å². The molecule has 0 spiro atoms. The van der Waals surface area contributed by atoms with Crippen molar-refractivity contribution in [3.05, 3.63) is 46.0 Å². The first-order valence-corrected chi connectivity index (χ1v) is 3.45. The Labute approximate surface area is 69.6 Å². The highest BCUT2D eigenvalue weighted by molar-refractivity contribution is 5.18. The number of nitro groups is 1. The first kappa shape index (κ1) is 8.67. The average Bonchev–Trinajstić information content (AvgIpc) is 2.06. The van der Waals surface area contributed by atoms with Crippen LogP contribution in [0.15, 0.2) is 30.3 Å². The molecule has 0 aliphatic carbocycles. The molecular formula is C8H8NO3. The predicted octanol–water partition coefficient (Wildman–Crippen LogP) is 1.57. The zero-order valence-corrected chi connectivity index (χ0v) is 6.56. The molecule has 0 saturated carbocycles. The Hall–Kier alpha value is -1.42. The molecular weight excluding hydrogens is 158 g/mol. The Morgan fingerprint density at radius 3 is 2.25 bits per heavy atom. The zero-order valence-electron chi connectivity index (χ0n) is 6.56. The van der Waals surface area contributed by atoms with Crippen molar-refractivity contribution >= 4 is 0 Å². The quantitative estimate of drug-likeness (QED) is 0.380. The van der Waals surface area contributed by atoms with Crippen molar-refractivity contribution in [1.29, 1.82) is 0 Å². The van der Waals surface area contributed by atoms with Crippen LogP contribution in [0, 0.1) is 10.1 Å². The molecule has 1 radical (unpaired) electrons. The standard InChI is InChI=1S/C8H8NO3/c1-8(10,9(11)12)7-5-3-2-4-6-7/h2-6H,1H3. The molecule has 0 aliphatic rings. The highest BCUT2D eigenvalue weighted by Gasteiger charge is 2.38. The molecule has 0 amide bonds. The lowest BCUT2D eigenvalue weighted by Crippen LogP contribution is -2.29. The molecule has 63 valence electrons. The van der Waals surface area contributed by atoms with E-state index in [1.54, 1.807) is 18.2 Å². The van der Waals surface area contributed by atoms with Gasteiger partial charge in [0.2, 0.25) is 0 Å². The molecule has 1 aromatic carbocycles. The second kappa shape index (κ2) is 2.91.